The van der Waals surface area contributed by atoms with Gasteiger partial charge >= 0.3 is 5.97 Å². The van der Waals surface area contributed by atoms with E-state index in [-0.39, 0.29) is 17.9 Å². The Kier molecular flexibility index (Phi) is 4.32. The maximum Gasteiger partial charge on any atom is 0.342 e. The van der Waals surface area contributed by atoms with Crippen molar-refractivity contribution < 1.29 is 14.6 Å². The monoisotopic (exact) mass is 284 g/mol. The van der Waals surface area contributed by atoms with Crippen LogP contribution in [0.3, 0.4) is 0 Å². The van der Waals surface area contributed by atoms with Crippen LogP contribution in [0.5, 0.6) is 5.75 Å². The molecule has 2 aromatic rings. The SMILES string of the molecule is Cc1c(C)c(C)c(C(=O)OCc2ccccc2)c(O)c1C. The van der Waals surface area contributed by atoms with Crippen LogP contribution in [0, 0.1) is 27.7 Å². The molecule has 0 unspecified atom stereocenters. The number of aromatic hydroxyl groups is 1. The number of esters is 1. The summed E-state index contributed by atoms with van der Waals surface area (Å²) in [6.07, 6.45) is 0. The molecule has 0 spiro atoms. The molecule has 110 valence electrons. The zero-order valence-electron chi connectivity index (χ0n) is 12.9. The first-order valence-corrected chi connectivity index (χ1v) is 6.93. The summed E-state index contributed by atoms with van der Waals surface area (Å²) in [7, 11) is 0. The van der Waals surface area contributed by atoms with Gasteiger partial charge in [-0.25, -0.2) is 4.79 Å². The molecule has 21 heavy (non-hydrogen) atoms. The fourth-order valence-electron chi connectivity index (χ4n) is 2.34. The molecule has 2 rings (SSSR count). The van der Waals surface area contributed by atoms with Crippen LogP contribution >= 0.6 is 0 Å². The highest BCUT2D eigenvalue weighted by Gasteiger charge is 2.21. The number of hydrogen-bond donors (Lipinski definition) is 1. The molecule has 0 saturated heterocycles. The van der Waals surface area contributed by atoms with Crippen LogP contribution in [-0.4, -0.2) is 11.1 Å². The van der Waals surface area contributed by atoms with Gasteiger partial charge in [0.05, 0.1) is 0 Å². The van der Waals surface area contributed by atoms with E-state index < -0.39 is 5.97 Å². The van der Waals surface area contributed by atoms with Crippen LogP contribution in [0.1, 0.15) is 38.2 Å². The number of carbonyl (C=O) groups excluding carboxylic acids is 1. The molecule has 0 aliphatic rings. The third kappa shape index (κ3) is 2.92. The minimum Gasteiger partial charge on any atom is -0.507 e. The lowest BCUT2D eigenvalue weighted by Gasteiger charge is -2.16. The van der Waals surface area contributed by atoms with Gasteiger partial charge < -0.3 is 9.84 Å². The molecule has 0 aliphatic heterocycles. The van der Waals surface area contributed by atoms with Crippen LogP contribution < -0.4 is 0 Å². The number of rotatable bonds is 3. The molecule has 0 heterocycles. The number of phenolic OH excluding ortho intramolecular Hbond substituents is 1. The number of ether oxygens (including phenoxy) is 1. The van der Waals surface area contributed by atoms with Crippen molar-refractivity contribution in [3.8, 4) is 5.75 Å². The number of carbonyl (C=O) groups is 1. The lowest BCUT2D eigenvalue weighted by Crippen LogP contribution is -2.10. The molecular weight excluding hydrogens is 264 g/mol. The van der Waals surface area contributed by atoms with Gasteiger partial charge in [0.1, 0.15) is 17.9 Å². The van der Waals surface area contributed by atoms with Gasteiger partial charge in [-0.3, -0.25) is 0 Å². The molecule has 0 atom stereocenters. The smallest absolute Gasteiger partial charge is 0.342 e. The lowest BCUT2D eigenvalue weighted by molar-refractivity contribution is 0.0468. The van der Waals surface area contributed by atoms with E-state index in [1.807, 2.05) is 58.0 Å². The van der Waals surface area contributed by atoms with Crippen LogP contribution in [0.25, 0.3) is 0 Å². The Morgan fingerprint density at radius 1 is 0.952 bits per heavy atom. The van der Waals surface area contributed by atoms with Gasteiger partial charge in [-0.2, -0.15) is 0 Å². The van der Waals surface area contributed by atoms with Crippen molar-refractivity contribution in [3.05, 3.63) is 63.7 Å². The normalized spacial score (nSPS) is 10.5. The second kappa shape index (κ2) is 6.00. The first-order valence-electron chi connectivity index (χ1n) is 6.93. The molecule has 0 bridgehead atoms. The fourth-order valence-corrected chi connectivity index (χ4v) is 2.34. The summed E-state index contributed by atoms with van der Waals surface area (Å²) >= 11 is 0. The van der Waals surface area contributed by atoms with E-state index in [1.54, 1.807) is 0 Å². The van der Waals surface area contributed by atoms with Gasteiger partial charge in [0.25, 0.3) is 0 Å². The quantitative estimate of drug-likeness (QED) is 0.867. The summed E-state index contributed by atoms with van der Waals surface area (Å²) in [6, 6.07) is 9.49. The van der Waals surface area contributed by atoms with Gasteiger partial charge in [0.2, 0.25) is 0 Å². The molecule has 0 aromatic heterocycles. The first kappa shape index (κ1) is 15.1. The van der Waals surface area contributed by atoms with Crippen molar-refractivity contribution in [1.82, 2.24) is 0 Å². The highest BCUT2D eigenvalue weighted by atomic mass is 16.5. The van der Waals surface area contributed by atoms with Gasteiger partial charge in [-0.05, 0) is 55.5 Å². The van der Waals surface area contributed by atoms with Crippen LogP contribution in [-0.2, 0) is 11.3 Å². The topological polar surface area (TPSA) is 46.5 Å². The third-order valence-electron chi connectivity index (χ3n) is 4.07. The Balaban J connectivity index is 2.28. The molecule has 2 aromatic carbocycles. The summed E-state index contributed by atoms with van der Waals surface area (Å²) in [5.41, 5.74) is 4.70. The maximum absolute atomic E-state index is 12.3. The molecule has 3 nitrogen and oxygen atoms in total. The Morgan fingerprint density at radius 3 is 2.14 bits per heavy atom. The lowest BCUT2D eigenvalue weighted by atomic mass is 9.93. The zero-order chi connectivity index (χ0) is 15.6. The van der Waals surface area contributed by atoms with Crippen molar-refractivity contribution in [1.29, 1.82) is 0 Å². The van der Waals surface area contributed by atoms with Gasteiger partial charge in [-0.15, -0.1) is 0 Å². The molecule has 0 amide bonds. The van der Waals surface area contributed by atoms with E-state index in [0.29, 0.717) is 0 Å². The third-order valence-corrected chi connectivity index (χ3v) is 4.07. The van der Waals surface area contributed by atoms with Gasteiger partial charge in [0, 0.05) is 0 Å². The number of phenols is 1. The number of hydrogen-bond acceptors (Lipinski definition) is 3. The summed E-state index contributed by atoms with van der Waals surface area (Å²) < 4.78 is 5.33. The van der Waals surface area contributed by atoms with E-state index in [4.69, 9.17) is 4.74 Å². The summed E-state index contributed by atoms with van der Waals surface area (Å²) in [4.78, 5) is 12.3. The van der Waals surface area contributed by atoms with E-state index in [9.17, 15) is 9.90 Å². The summed E-state index contributed by atoms with van der Waals surface area (Å²) in [6.45, 7) is 7.73. The zero-order valence-corrected chi connectivity index (χ0v) is 12.9. The maximum atomic E-state index is 12.3. The minimum absolute atomic E-state index is 0.0219. The van der Waals surface area contributed by atoms with Gasteiger partial charge in [-0.1, -0.05) is 30.3 Å². The van der Waals surface area contributed by atoms with Crippen LogP contribution in [0.4, 0.5) is 0 Å². The van der Waals surface area contributed by atoms with Crippen molar-refractivity contribution >= 4 is 5.97 Å². The van der Waals surface area contributed by atoms with E-state index in [0.717, 1.165) is 27.8 Å². The number of benzene rings is 2. The summed E-state index contributed by atoms with van der Waals surface area (Å²) in [5, 5.41) is 10.3. The minimum atomic E-state index is -0.486. The Morgan fingerprint density at radius 2 is 1.52 bits per heavy atom. The highest BCUT2D eigenvalue weighted by Crippen LogP contribution is 2.32. The Labute approximate surface area is 125 Å². The van der Waals surface area contributed by atoms with Gasteiger partial charge in [0.15, 0.2) is 0 Å². The predicted octanol–water partition coefficient (Wildman–Crippen LogP) is 3.98. The Hall–Kier alpha value is -2.29. The van der Waals surface area contributed by atoms with E-state index in [1.165, 1.54) is 0 Å². The predicted molar refractivity (Wildman–Crippen MR) is 82.6 cm³/mol. The molecule has 0 saturated carbocycles. The first-order chi connectivity index (χ1) is 9.93. The molecular formula is C18H20O3. The van der Waals surface area contributed by atoms with E-state index >= 15 is 0 Å². The Bertz CT molecular complexity index is 644. The van der Waals surface area contributed by atoms with Crippen LogP contribution in [0.15, 0.2) is 30.3 Å². The van der Waals surface area contributed by atoms with E-state index in [2.05, 4.69) is 0 Å². The average Bonchev–Trinajstić information content (AvgIpc) is 2.50. The van der Waals surface area contributed by atoms with Crippen molar-refractivity contribution in [2.45, 2.75) is 34.3 Å². The molecule has 0 aliphatic carbocycles. The fraction of sp³-hybridized carbons (Fsp3) is 0.278. The second-order valence-electron chi connectivity index (χ2n) is 5.29. The average molecular weight is 284 g/mol. The highest BCUT2D eigenvalue weighted by molar-refractivity contribution is 5.95. The largest absolute Gasteiger partial charge is 0.507 e. The van der Waals surface area contributed by atoms with Crippen molar-refractivity contribution in [2.75, 3.05) is 0 Å². The van der Waals surface area contributed by atoms with Crippen molar-refractivity contribution in [3.63, 3.8) is 0 Å². The summed E-state index contributed by atoms with van der Waals surface area (Å²) in [5.74, 6) is -0.464. The molecule has 0 radical (unpaired) electrons. The van der Waals surface area contributed by atoms with Crippen LogP contribution in [0.2, 0.25) is 0 Å². The molecule has 0 fully saturated rings. The van der Waals surface area contributed by atoms with Crippen molar-refractivity contribution in [2.24, 2.45) is 0 Å². The molecule has 1 N–H and O–H groups in total. The standard InChI is InChI=1S/C18H20O3/c1-11-12(2)14(4)17(19)16(13(11)3)18(20)21-10-15-8-6-5-7-9-15/h5-9,19H,10H2,1-4H3. The second-order valence-corrected chi connectivity index (χ2v) is 5.29. The molecule has 3 heteroatoms.